The second-order valence-electron chi connectivity index (χ2n) is 3.21. The SMILES string of the molecule is COC(NC(=O)C(C)O)c1ccccc1. The first-order valence-corrected chi connectivity index (χ1v) is 4.71. The van der Waals surface area contributed by atoms with Crippen molar-refractivity contribution in [1.29, 1.82) is 0 Å². The van der Waals surface area contributed by atoms with E-state index in [1.54, 1.807) is 0 Å². The van der Waals surface area contributed by atoms with Crippen molar-refractivity contribution in [2.45, 2.75) is 19.3 Å². The highest BCUT2D eigenvalue weighted by Gasteiger charge is 2.16. The summed E-state index contributed by atoms with van der Waals surface area (Å²) in [4.78, 5) is 11.2. The molecular formula is C11H15NO3. The van der Waals surface area contributed by atoms with Crippen molar-refractivity contribution in [3.63, 3.8) is 0 Å². The Balaban J connectivity index is 2.69. The molecule has 1 aromatic rings. The van der Waals surface area contributed by atoms with Gasteiger partial charge in [0.2, 0.25) is 0 Å². The van der Waals surface area contributed by atoms with Gasteiger partial charge in [-0.2, -0.15) is 0 Å². The third-order valence-corrected chi connectivity index (χ3v) is 1.99. The van der Waals surface area contributed by atoms with Gasteiger partial charge in [-0.25, -0.2) is 0 Å². The normalized spacial score (nSPS) is 14.3. The number of carbonyl (C=O) groups excluding carboxylic acids is 1. The first-order chi connectivity index (χ1) is 7.15. The Morgan fingerprint density at radius 1 is 1.40 bits per heavy atom. The second kappa shape index (κ2) is 5.48. The first-order valence-electron chi connectivity index (χ1n) is 4.71. The van der Waals surface area contributed by atoms with E-state index in [1.165, 1.54) is 14.0 Å². The summed E-state index contributed by atoms with van der Waals surface area (Å²) >= 11 is 0. The van der Waals surface area contributed by atoms with E-state index in [1.807, 2.05) is 30.3 Å². The minimum atomic E-state index is -1.04. The van der Waals surface area contributed by atoms with Crippen molar-refractivity contribution in [2.75, 3.05) is 7.11 Å². The van der Waals surface area contributed by atoms with Crippen LogP contribution in [-0.2, 0) is 9.53 Å². The highest BCUT2D eigenvalue weighted by Crippen LogP contribution is 2.12. The van der Waals surface area contributed by atoms with Gasteiger partial charge in [0.25, 0.3) is 5.91 Å². The molecule has 1 amide bonds. The highest BCUT2D eigenvalue weighted by atomic mass is 16.5. The standard InChI is InChI=1S/C11H15NO3/c1-8(13)10(14)12-11(15-2)9-6-4-3-5-7-9/h3-8,11,13H,1-2H3,(H,12,14). The zero-order valence-electron chi connectivity index (χ0n) is 8.81. The van der Waals surface area contributed by atoms with Gasteiger partial charge in [-0.15, -0.1) is 0 Å². The Morgan fingerprint density at radius 2 is 2.00 bits per heavy atom. The summed E-state index contributed by atoms with van der Waals surface area (Å²) in [7, 11) is 1.50. The van der Waals surface area contributed by atoms with Crippen LogP contribution in [0.4, 0.5) is 0 Å². The van der Waals surface area contributed by atoms with Crippen molar-refractivity contribution < 1.29 is 14.6 Å². The fourth-order valence-electron chi connectivity index (χ4n) is 1.16. The lowest BCUT2D eigenvalue weighted by molar-refractivity contribution is -0.132. The van der Waals surface area contributed by atoms with Gasteiger partial charge in [0.1, 0.15) is 6.10 Å². The zero-order chi connectivity index (χ0) is 11.3. The molecule has 0 saturated heterocycles. The van der Waals surface area contributed by atoms with Gasteiger partial charge in [-0.3, -0.25) is 4.79 Å². The van der Waals surface area contributed by atoms with Crippen molar-refractivity contribution in [3.8, 4) is 0 Å². The summed E-state index contributed by atoms with van der Waals surface area (Å²) in [5.74, 6) is -0.453. The van der Waals surface area contributed by atoms with Crippen LogP contribution in [0.3, 0.4) is 0 Å². The summed E-state index contributed by atoms with van der Waals surface area (Å²) in [6, 6.07) is 9.28. The third-order valence-electron chi connectivity index (χ3n) is 1.99. The monoisotopic (exact) mass is 209 g/mol. The maximum Gasteiger partial charge on any atom is 0.250 e. The summed E-state index contributed by atoms with van der Waals surface area (Å²) in [6.07, 6.45) is -1.56. The average Bonchev–Trinajstić information content (AvgIpc) is 2.26. The summed E-state index contributed by atoms with van der Waals surface area (Å²) in [5.41, 5.74) is 0.842. The number of carbonyl (C=O) groups is 1. The maximum absolute atomic E-state index is 11.2. The minimum Gasteiger partial charge on any atom is -0.384 e. The quantitative estimate of drug-likeness (QED) is 0.722. The molecule has 2 N–H and O–H groups in total. The highest BCUT2D eigenvalue weighted by molar-refractivity contribution is 5.80. The number of hydrogen-bond donors (Lipinski definition) is 2. The third kappa shape index (κ3) is 3.34. The molecule has 2 atom stereocenters. The van der Waals surface area contributed by atoms with Crippen molar-refractivity contribution in [1.82, 2.24) is 5.32 Å². The molecule has 0 aliphatic carbocycles. The smallest absolute Gasteiger partial charge is 0.250 e. The molecule has 1 rings (SSSR count). The van der Waals surface area contributed by atoms with Gasteiger partial charge >= 0.3 is 0 Å². The van der Waals surface area contributed by atoms with Crippen LogP contribution in [0.2, 0.25) is 0 Å². The predicted molar refractivity (Wildman–Crippen MR) is 56.0 cm³/mol. The van der Waals surface area contributed by atoms with Crippen LogP contribution in [0.1, 0.15) is 18.7 Å². The Labute approximate surface area is 88.9 Å². The van der Waals surface area contributed by atoms with Crippen LogP contribution in [0.25, 0.3) is 0 Å². The molecule has 0 aromatic heterocycles. The van der Waals surface area contributed by atoms with E-state index < -0.39 is 18.2 Å². The topological polar surface area (TPSA) is 58.6 Å². The summed E-state index contributed by atoms with van der Waals surface area (Å²) < 4.78 is 5.11. The second-order valence-corrected chi connectivity index (χ2v) is 3.21. The Hall–Kier alpha value is -1.39. The van der Waals surface area contributed by atoms with Crippen molar-refractivity contribution in [3.05, 3.63) is 35.9 Å². The summed E-state index contributed by atoms with van der Waals surface area (Å²) in [6.45, 7) is 1.41. The Morgan fingerprint density at radius 3 is 2.47 bits per heavy atom. The number of benzene rings is 1. The van der Waals surface area contributed by atoms with E-state index in [-0.39, 0.29) is 0 Å². The van der Waals surface area contributed by atoms with E-state index in [4.69, 9.17) is 9.84 Å². The van der Waals surface area contributed by atoms with Crippen LogP contribution in [0.5, 0.6) is 0 Å². The minimum absolute atomic E-state index is 0.453. The van der Waals surface area contributed by atoms with E-state index in [9.17, 15) is 4.79 Å². The van der Waals surface area contributed by atoms with E-state index in [2.05, 4.69) is 5.32 Å². The van der Waals surface area contributed by atoms with E-state index in [0.717, 1.165) is 5.56 Å². The van der Waals surface area contributed by atoms with Crippen LogP contribution in [0.15, 0.2) is 30.3 Å². The maximum atomic E-state index is 11.2. The van der Waals surface area contributed by atoms with Crippen molar-refractivity contribution >= 4 is 5.91 Å². The number of amides is 1. The lowest BCUT2D eigenvalue weighted by atomic mass is 10.2. The number of methoxy groups -OCH3 is 1. The zero-order valence-corrected chi connectivity index (χ0v) is 8.81. The number of ether oxygens (including phenoxy) is 1. The van der Waals surface area contributed by atoms with Crippen LogP contribution in [-0.4, -0.2) is 24.2 Å². The first kappa shape index (κ1) is 11.7. The molecular weight excluding hydrogens is 194 g/mol. The number of aliphatic hydroxyl groups excluding tert-OH is 1. The van der Waals surface area contributed by atoms with E-state index >= 15 is 0 Å². The number of rotatable bonds is 4. The van der Waals surface area contributed by atoms with Gasteiger partial charge in [0.15, 0.2) is 6.23 Å². The molecule has 0 aliphatic heterocycles. The predicted octanol–water partition coefficient (Wildman–Crippen LogP) is 0.829. The van der Waals surface area contributed by atoms with Gasteiger partial charge in [-0.05, 0) is 6.92 Å². The fraction of sp³-hybridized carbons (Fsp3) is 0.364. The van der Waals surface area contributed by atoms with Gasteiger partial charge < -0.3 is 15.2 Å². The van der Waals surface area contributed by atoms with Gasteiger partial charge in [0, 0.05) is 12.7 Å². The number of nitrogens with one attached hydrogen (secondary N) is 1. The Bertz CT molecular complexity index is 311. The van der Waals surface area contributed by atoms with Crippen LogP contribution < -0.4 is 5.32 Å². The molecule has 4 nitrogen and oxygen atoms in total. The number of hydrogen-bond acceptors (Lipinski definition) is 3. The molecule has 4 heteroatoms. The van der Waals surface area contributed by atoms with E-state index in [0.29, 0.717) is 0 Å². The fourth-order valence-corrected chi connectivity index (χ4v) is 1.16. The molecule has 2 unspecified atom stereocenters. The van der Waals surface area contributed by atoms with Crippen LogP contribution >= 0.6 is 0 Å². The van der Waals surface area contributed by atoms with Crippen molar-refractivity contribution in [2.24, 2.45) is 0 Å². The number of aliphatic hydroxyl groups is 1. The molecule has 0 fully saturated rings. The molecule has 15 heavy (non-hydrogen) atoms. The molecule has 0 heterocycles. The van der Waals surface area contributed by atoms with Gasteiger partial charge in [0.05, 0.1) is 0 Å². The average molecular weight is 209 g/mol. The summed E-state index contributed by atoms with van der Waals surface area (Å²) in [5, 5.41) is 11.6. The molecule has 0 spiro atoms. The molecule has 0 saturated carbocycles. The molecule has 82 valence electrons. The van der Waals surface area contributed by atoms with Crippen LogP contribution in [0, 0.1) is 0 Å². The lowest BCUT2D eigenvalue weighted by Crippen LogP contribution is -2.36. The largest absolute Gasteiger partial charge is 0.384 e. The molecule has 0 bridgehead atoms. The molecule has 1 aromatic carbocycles. The molecule has 0 aliphatic rings. The molecule has 0 radical (unpaired) electrons. The lowest BCUT2D eigenvalue weighted by Gasteiger charge is -2.18. The van der Waals surface area contributed by atoms with Gasteiger partial charge in [-0.1, -0.05) is 30.3 Å². The Kier molecular flexibility index (Phi) is 4.27.